The number of hydrogen-bond acceptors (Lipinski definition) is 8. The standard InChI is InChI=1S/C10H9N3O3.C10H10N2O.HNO3/c1-6(14)4-7-2-3-9-8(5-11-12-9)10(7)13(15)16;1-7(13)4-8-2-3-10-9(5-8)6-11-12-10;2-1(3)4/h2-3,5H,4H2,1H3,(H,11,12);2-3,5-6H,4H2,1H3,(H,11,12);(H,2,3,4). The summed E-state index contributed by atoms with van der Waals surface area (Å²) >= 11 is 0. The van der Waals surface area contributed by atoms with Crippen LogP contribution in [0.15, 0.2) is 42.7 Å². The molecule has 2 heterocycles. The number of nitro groups is 1. The second-order valence-corrected chi connectivity index (χ2v) is 6.95. The molecule has 0 saturated heterocycles. The summed E-state index contributed by atoms with van der Waals surface area (Å²) in [6.45, 7) is 3.00. The molecule has 3 N–H and O–H groups in total. The Morgan fingerprint density at radius 2 is 1.52 bits per heavy atom. The van der Waals surface area contributed by atoms with E-state index in [2.05, 4.69) is 20.4 Å². The Bertz CT molecular complexity index is 1310. The number of nitro benzene ring substituents is 1. The van der Waals surface area contributed by atoms with Gasteiger partial charge >= 0.3 is 0 Å². The molecule has 33 heavy (non-hydrogen) atoms. The molecule has 4 rings (SSSR count). The van der Waals surface area contributed by atoms with Gasteiger partial charge in [-0.2, -0.15) is 10.2 Å². The molecule has 0 saturated carbocycles. The Balaban J connectivity index is 0.000000204. The molecule has 2 aromatic carbocycles. The van der Waals surface area contributed by atoms with Crippen molar-refractivity contribution >= 4 is 39.1 Å². The molecule has 2 aromatic heterocycles. The molecule has 0 amide bonds. The fraction of sp³-hybridized carbons (Fsp3) is 0.200. The number of H-pyrrole nitrogens is 2. The molecule has 0 aliphatic heterocycles. The second kappa shape index (κ2) is 11.1. The van der Waals surface area contributed by atoms with Crippen molar-refractivity contribution in [2.45, 2.75) is 26.7 Å². The van der Waals surface area contributed by atoms with Crippen molar-refractivity contribution < 1.29 is 24.8 Å². The smallest absolute Gasteiger partial charge is 0.291 e. The average Bonchev–Trinajstić information content (AvgIpc) is 3.35. The van der Waals surface area contributed by atoms with Crippen molar-refractivity contribution in [1.82, 2.24) is 20.4 Å². The summed E-state index contributed by atoms with van der Waals surface area (Å²) in [7, 11) is 0. The van der Waals surface area contributed by atoms with Gasteiger partial charge < -0.3 is 5.21 Å². The topological polar surface area (TPSA) is 198 Å². The zero-order valence-electron chi connectivity index (χ0n) is 17.6. The number of carbonyl (C=O) groups is 2. The quantitative estimate of drug-likeness (QED) is 0.298. The number of nitrogens with one attached hydrogen (secondary N) is 2. The third-order valence-electron chi connectivity index (χ3n) is 4.26. The first-order chi connectivity index (χ1) is 15.6. The Morgan fingerprint density at radius 3 is 2.12 bits per heavy atom. The average molecular weight is 456 g/mol. The maximum absolute atomic E-state index is 11.0. The molecule has 0 fully saturated rings. The minimum Gasteiger partial charge on any atom is -0.328 e. The first-order valence-corrected chi connectivity index (χ1v) is 9.42. The molecule has 0 bridgehead atoms. The maximum Gasteiger partial charge on any atom is 0.291 e. The Hall–Kier alpha value is -4.68. The van der Waals surface area contributed by atoms with E-state index < -0.39 is 10.0 Å². The van der Waals surface area contributed by atoms with Crippen LogP contribution in [0.25, 0.3) is 21.8 Å². The SMILES string of the molecule is CC(=O)Cc1ccc2[nH]ncc2c1.CC(=O)Cc1ccc2[nH]ncc2c1[N+](=O)[O-].O=[N+]([O-])O. The van der Waals surface area contributed by atoms with Crippen LogP contribution in [0, 0.1) is 20.2 Å². The van der Waals surface area contributed by atoms with Crippen LogP contribution in [0.1, 0.15) is 25.0 Å². The van der Waals surface area contributed by atoms with E-state index in [-0.39, 0.29) is 23.7 Å². The number of aromatic nitrogens is 4. The van der Waals surface area contributed by atoms with Crippen molar-refractivity contribution in [3.05, 3.63) is 74.1 Å². The third kappa shape index (κ3) is 7.20. The van der Waals surface area contributed by atoms with Crippen molar-refractivity contribution in [3.8, 4) is 0 Å². The predicted molar refractivity (Wildman–Crippen MR) is 116 cm³/mol. The number of nitrogens with zero attached hydrogens (tertiary/aromatic N) is 4. The van der Waals surface area contributed by atoms with Crippen LogP contribution in [-0.2, 0) is 22.4 Å². The highest BCUT2D eigenvalue weighted by atomic mass is 16.9. The van der Waals surface area contributed by atoms with Gasteiger partial charge in [0.15, 0.2) is 0 Å². The van der Waals surface area contributed by atoms with Crippen LogP contribution in [0.2, 0.25) is 0 Å². The van der Waals surface area contributed by atoms with Gasteiger partial charge in [0.2, 0.25) is 0 Å². The van der Waals surface area contributed by atoms with E-state index in [9.17, 15) is 19.7 Å². The number of aromatic amines is 2. The fourth-order valence-corrected chi connectivity index (χ4v) is 3.06. The molecule has 0 aliphatic carbocycles. The Morgan fingerprint density at radius 1 is 0.939 bits per heavy atom. The largest absolute Gasteiger partial charge is 0.328 e. The number of rotatable bonds is 5. The highest BCUT2D eigenvalue weighted by Crippen LogP contribution is 2.28. The van der Waals surface area contributed by atoms with Crippen LogP contribution in [0.4, 0.5) is 5.69 Å². The van der Waals surface area contributed by atoms with E-state index >= 15 is 0 Å². The lowest BCUT2D eigenvalue weighted by atomic mass is 10.0. The highest BCUT2D eigenvalue weighted by Gasteiger charge is 2.20. The second-order valence-electron chi connectivity index (χ2n) is 6.95. The lowest BCUT2D eigenvalue weighted by Gasteiger charge is -2.01. The minimum absolute atomic E-state index is 0.0403. The molecule has 0 unspecified atom stereocenters. The van der Waals surface area contributed by atoms with E-state index in [1.807, 2.05) is 18.2 Å². The summed E-state index contributed by atoms with van der Waals surface area (Å²) in [6, 6.07) is 9.15. The molecule has 172 valence electrons. The van der Waals surface area contributed by atoms with Gasteiger partial charge in [-0.05, 0) is 43.7 Å². The van der Waals surface area contributed by atoms with Crippen LogP contribution in [0.3, 0.4) is 0 Å². The number of carbonyl (C=O) groups excluding carboxylic acids is 2. The summed E-state index contributed by atoms with van der Waals surface area (Å²) in [4.78, 5) is 40.7. The molecule has 4 aromatic rings. The van der Waals surface area contributed by atoms with Crippen LogP contribution in [-0.4, -0.2) is 47.2 Å². The van der Waals surface area contributed by atoms with Crippen LogP contribution >= 0.6 is 0 Å². The Labute approximate surface area is 185 Å². The van der Waals surface area contributed by atoms with Gasteiger partial charge in [0.1, 0.15) is 11.6 Å². The van der Waals surface area contributed by atoms with Gasteiger partial charge in [-0.3, -0.25) is 29.9 Å². The normalized spacial score (nSPS) is 10.0. The summed E-state index contributed by atoms with van der Waals surface area (Å²) in [5.74, 6) is 0.0776. The van der Waals surface area contributed by atoms with Gasteiger partial charge in [-0.1, -0.05) is 6.07 Å². The number of ketones is 2. The van der Waals surface area contributed by atoms with E-state index in [0.717, 1.165) is 16.5 Å². The molecule has 0 aliphatic rings. The van der Waals surface area contributed by atoms with Crippen LogP contribution in [0.5, 0.6) is 0 Å². The fourth-order valence-electron chi connectivity index (χ4n) is 3.06. The Kier molecular flexibility index (Phi) is 8.26. The van der Waals surface area contributed by atoms with Crippen molar-refractivity contribution in [1.29, 1.82) is 0 Å². The lowest BCUT2D eigenvalue weighted by molar-refractivity contribution is -0.742. The summed E-state index contributed by atoms with van der Waals surface area (Å²) in [6.07, 6.45) is 3.73. The molecular weight excluding hydrogens is 436 g/mol. The van der Waals surface area contributed by atoms with Gasteiger partial charge in [-0.25, -0.2) is 0 Å². The maximum atomic E-state index is 11.0. The lowest BCUT2D eigenvalue weighted by Crippen LogP contribution is -2.01. The summed E-state index contributed by atoms with van der Waals surface area (Å²) in [5, 5.41) is 39.3. The number of hydrogen-bond donors (Lipinski definition) is 3. The van der Waals surface area contributed by atoms with E-state index in [0.29, 0.717) is 22.9 Å². The summed E-state index contributed by atoms with van der Waals surface area (Å²) in [5.41, 5.74) is 3.03. The first kappa shape index (κ1) is 24.6. The van der Waals surface area contributed by atoms with Crippen molar-refractivity contribution in [2.75, 3.05) is 0 Å². The van der Waals surface area contributed by atoms with E-state index in [1.54, 1.807) is 25.3 Å². The molecule has 0 spiro atoms. The first-order valence-electron chi connectivity index (χ1n) is 9.42. The van der Waals surface area contributed by atoms with Gasteiger partial charge in [0, 0.05) is 23.8 Å². The number of fused-ring (bicyclic) bond motifs is 2. The number of benzene rings is 2. The van der Waals surface area contributed by atoms with E-state index in [4.69, 9.17) is 15.3 Å². The molecular formula is C20H20N6O7. The summed E-state index contributed by atoms with van der Waals surface area (Å²) < 4.78 is 0. The van der Waals surface area contributed by atoms with Crippen molar-refractivity contribution in [2.24, 2.45) is 0 Å². The number of Topliss-reactive ketones (excluding diaryl/α,β-unsaturated/α-hetero) is 2. The molecule has 0 radical (unpaired) electrons. The molecule has 13 heteroatoms. The monoisotopic (exact) mass is 456 g/mol. The van der Waals surface area contributed by atoms with E-state index in [1.165, 1.54) is 13.1 Å². The molecule has 13 nitrogen and oxygen atoms in total. The van der Waals surface area contributed by atoms with Crippen LogP contribution < -0.4 is 0 Å². The van der Waals surface area contributed by atoms with Crippen molar-refractivity contribution in [3.63, 3.8) is 0 Å². The van der Waals surface area contributed by atoms with Gasteiger partial charge in [0.05, 0.1) is 33.7 Å². The van der Waals surface area contributed by atoms with Gasteiger partial charge in [0.25, 0.3) is 10.8 Å². The zero-order chi connectivity index (χ0) is 24.5. The zero-order valence-corrected chi connectivity index (χ0v) is 17.6. The molecule has 0 atom stereocenters. The highest BCUT2D eigenvalue weighted by molar-refractivity contribution is 5.91. The predicted octanol–water partition coefficient (Wildman–Crippen LogP) is 2.95. The minimum atomic E-state index is -1.50. The third-order valence-corrected chi connectivity index (χ3v) is 4.26. The van der Waals surface area contributed by atoms with Gasteiger partial charge in [-0.15, -0.1) is 10.1 Å².